The van der Waals surface area contributed by atoms with Crippen molar-refractivity contribution in [3.8, 4) is 11.8 Å². The average Bonchev–Trinajstić information content (AvgIpc) is 2.37. The molecule has 0 bridgehead atoms. The maximum atomic E-state index is 8.93. The lowest BCUT2D eigenvalue weighted by molar-refractivity contribution is 0.174. The third-order valence-electron chi connectivity index (χ3n) is 2.14. The van der Waals surface area contributed by atoms with Crippen LogP contribution in [0, 0.1) is 11.3 Å². The van der Waals surface area contributed by atoms with Crippen LogP contribution < -0.4 is 4.74 Å². The van der Waals surface area contributed by atoms with Crippen LogP contribution in [0.2, 0.25) is 0 Å². The van der Waals surface area contributed by atoms with E-state index >= 15 is 0 Å². The van der Waals surface area contributed by atoms with Crippen LogP contribution in [0.1, 0.15) is 19.4 Å². The molecule has 0 atom stereocenters. The molecule has 17 heavy (non-hydrogen) atoms. The maximum absolute atomic E-state index is 8.93. The van der Waals surface area contributed by atoms with Gasteiger partial charge < -0.3 is 9.47 Å². The summed E-state index contributed by atoms with van der Waals surface area (Å²) >= 11 is 0. The minimum atomic E-state index is 0.361. The fraction of sp³-hybridized carbons (Fsp3) is 0.357. The Morgan fingerprint density at radius 2 is 1.94 bits per heavy atom. The van der Waals surface area contributed by atoms with Gasteiger partial charge in [0.1, 0.15) is 5.75 Å². The smallest absolute Gasteiger partial charge is 0.119 e. The largest absolute Gasteiger partial charge is 0.494 e. The summed E-state index contributed by atoms with van der Waals surface area (Å²) < 4.78 is 10.6. The Bertz CT molecular complexity index is 401. The summed E-state index contributed by atoms with van der Waals surface area (Å²) in [5, 5.41) is 8.93. The SMILES string of the molecule is CCOC/C(C#N)=C\c1ccc(OCC)cc1. The molecule has 0 aliphatic carbocycles. The minimum absolute atomic E-state index is 0.361. The molecule has 3 nitrogen and oxygen atoms in total. The third kappa shape index (κ3) is 4.71. The molecule has 0 unspecified atom stereocenters. The van der Waals surface area contributed by atoms with Crippen LogP contribution in [0.5, 0.6) is 5.75 Å². The second kappa shape index (κ2) is 7.48. The Hall–Kier alpha value is -1.79. The van der Waals surface area contributed by atoms with Crippen molar-refractivity contribution in [3.63, 3.8) is 0 Å². The number of benzene rings is 1. The number of nitrogens with zero attached hydrogens (tertiary/aromatic N) is 1. The second-order valence-electron chi connectivity index (χ2n) is 3.42. The Labute approximate surface area is 102 Å². The van der Waals surface area contributed by atoms with E-state index in [1.807, 2.05) is 44.2 Å². The lowest BCUT2D eigenvalue weighted by Gasteiger charge is -2.03. The fourth-order valence-electron chi connectivity index (χ4n) is 1.35. The van der Waals surface area contributed by atoms with E-state index in [2.05, 4.69) is 6.07 Å². The topological polar surface area (TPSA) is 42.2 Å². The predicted octanol–water partition coefficient (Wildman–Crippen LogP) is 3.03. The van der Waals surface area contributed by atoms with Crippen molar-refractivity contribution in [1.82, 2.24) is 0 Å². The first-order valence-corrected chi connectivity index (χ1v) is 5.71. The molecule has 90 valence electrons. The van der Waals surface area contributed by atoms with Gasteiger partial charge in [0, 0.05) is 6.61 Å². The molecule has 0 radical (unpaired) electrons. The molecule has 0 heterocycles. The molecule has 0 fully saturated rings. The molecule has 0 aliphatic rings. The lowest BCUT2D eigenvalue weighted by Crippen LogP contribution is -1.95. The molecule has 0 N–H and O–H groups in total. The van der Waals surface area contributed by atoms with E-state index in [4.69, 9.17) is 14.7 Å². The van der Waals surface area contributed by atoms with Crippen molar-refractivity contribution in [2.75, 3.05) is 19.8 Å². The first kappa shape index (κ1) is 13.3. The quantitative estimate of drug-likeness (QED) is 0.707. The van der Waals surface area contributed by atoms with Crippen molar-refractivity contribution in [3.05, 3.63) is 35.4 Å². The minimum Gasteiger partial charge on any atom is -0.494 e. The zero-order valence-corrected chi connectivity index (χ0v) is 10.3. The van der Waals surface area contributed by atoms with Crippen LogP contribution in [0.25, 0.3) is 6.08 Å². The van der Waals surface area contributed by atoms with Gasteiger partial charge in [0.15, 0.2) is 0 Å². The monoisotopic (exact) mass is 231 g/mol. The van der Waals surface area contributed by atoms with Crippen molar-refractivity contribution in [2.45, 2.75) is 13.8 Å². The molecule has 0 aliphatic heterocycles. The van der Waals surface area contributed by atoms with E-state index in [9.17, 15) is 0 Å². The standard InChI is InChI=1S/C14H17NO2/c1-3-16-11-13(10-15)9-12-5-7-14(8-6-12)17-4-2/h5-9H,3-4,11H2,1-2H3/b13-9-. The summed E-state index contributed by atoms with van der Waals surface area (Å²) in [7, 11) is 0. The summed E-state index contributed by atoms with van der Waals surface area (Å²) in [5.74, 6) is 0.841. The molecule has 0 spiro atoms. The van der Waals surface area contributed by atoms with Gasteiger partial charge in [-0.1, -0.05) is 12.1 Å². The van der Waals surface area contributed by atoms with E-state index in [-0.39, 0.29) is 0 Å². The summed E-state index contributed by atoms with van der Waals surface area (Å²) in [6.45, 7) is 5.49. The summed E-state index contributed by atoms with van der Waals surface area (Å²) in [6.07, 6.45) is 1.82. The molecule has 0 saturated heterocycles. The van der Waals surface area contributed by atoms with Crippen molar-refractivity contribution in [2.24, 2.45) is 0 Å². The molecule has 0 saturated carbocycles. The predicted molar refractivity (Wildman–Crippen MR) is 67.7 cm³/mol. The summed E-state index contributed by atoms with van der Waals surface area (Å²) in [5.41, 5.74) is 1.60. The van der Waals surface area contributed by atoms with Crippen LogP contribution in [-0.4, -0.2) is 19.8 Å². The Morgan fingerprint density at radius 3 is 2.47 bits per heavy atom. The Balaban J connectivity index is 2.72. The van der Waals surface area contributed by atoms with E-state index in [1.54, 1.807) is 0 Å². The van der Waals surface area contributed by atoms with Crippen LogP contribution in [0.4, 0.5) is 0 Å². The van der Waals surface area contributed by atoms with Crippen LogP contribution in [-0.2, 0) is 4.74 Å². The maximum Gasteiger partial charge on any atom is 0.119 e. The molecular formula is C14H17NO2. The van der Waals surface area contributed by atoms with Gasteiger partial charge in [-0.3, -0.25) is 0 Å². The molecule has 1 rings (SSSR count). The molecule has 1 aromatic rings. The third-order valence-corrected chi connectivity index (χ3v) is 2.14. The molecular weight excluding hydrogens is 214 g/mol. The molecule has 1 aromatic carbocycles. The number of ether oxygens (including phenoxy) is 2. The second-order valence-corrected chi connectivity index (χ2v) is 3.42. The van der Waals surface area contributed by atoms with E-state index in [1.165, 1.54) is 0 Å². The zero-order chi connectivity index (χ0) is 12.5. The average molecular weight is 231 g/mol. The first-order valence-electron chi connectivity index (χ1n) is 5.71. The van der Waals surface area contributed by atoms with Gasteiger partial charge >= 0.3 is 0 Å². The Kier molecular flexibility index (Phi) is 5.84. The van der Waals surface area contributed by atoms with Gasteiger partial charge in [-0.15, -0.1) is 0 Å². The number of hydrogen-bond acceptors (Lipinski definition) is 3. The molecule has 0 aromatic heterocycles. The van der Waals surface area contributed by atoms with Gasteiger partial charge in [0.25, 0.3) is 0 Å². The summed E-state index contributed by atoms with van der Waals surface area (Å²) in [6, 6.07) is 9.77. The van der Waals surface area contributed by atoms with Gasteiger partial charge in [0.2, 0.25) is 0 Å². The van der Waals surface area contributed by atoms with Gasteiger partial charge in [-0.25, -0.2) is 0 Å². The fourth-order valence-corrected chi connectivity index (χ4v) is 1.35. The highest BCUT2D eigenvalue weighted by atomic mass is 16.5. The molecule has 0 amide bonds. The highest BCUT2D eigenvalue weighted by Crippen LogP contribution is 2.14. The summed E-state index contributed by atoms with van der Waals surface area (Å²) in [4.78, 5) is 0. The zero-order valence-electron chi connectivity index (χ0n) is 10.3. The lowest BCUT2D eigenvalue weighted by atomic mass is 10.1. The van der Waals surface area contributed by atoms with Gasteiger partial charge in [0.05, 0.1) is 24.9 Å². The van der Waals surface area contributed by atoms with Crippen LogP contribution >= 0.6 is 0 Å². The van der Waals surface area contributed by atoms with Crippen LogP contribution in [0.15, 0.2) is 29.8 Å². The van der Waals surface area contributed by atoms with Crippen molar-refractivity contribution in [1.29, 1.82) is 5.26 Å². The number of hydrogen-bond donors (Lipinski definition) is 0. The highest BCUT2D eigenvalue weighted by Gasteiger charge is 1.97. The normalized spacial score (nSPS) is 11.0. The first-order chi connectivity index (χ1) is 8.30. The van der Waals surface area contributed by atoms with Crippen LogP contribution in [0.3, 0.4) is 0 Å². The van der Waals surface area contributed by atoms with Crippen molar-refractivity contribution < 1.29 is 9.47 Å². The number of nitriles is 1. The Morgan fingerprint density at radius 1 is 1.24 bits per heavy atom. The van der Waals surface area contributed by atoms with E-state index < -0.39 is 0 Å². The molecule has 3 heteroatoms. The van der Waals surface area contributed by atoms with Gasteiger partial charge in [-0.2, -0.15) is 5.26 Å². The van der Waals surface area contributed by atoms with Gasteiger partial charge in [-0.05, 0) is 37.6 Å². The highest BCUT2D eigenvalue weighted by molar-refractivity contribution is 5.57. The number of rotatable bonds is 6. The van der Waals surface area contributed by atoms with E-state index in [0.717, 1.165) is 11.3 Å². The van der Waals surface area contributed by atoms with Crippen molar-refractivity contribution >= 4 is 6.08 Å². The van der Waals surface area contributed by atoms with E-state index in [0.29, 0.717) is 25.4 Å².